The lowest BCUT2D eigenvalue weighted by molar-refractivity contribution is 0.0701. The molecule has 0 aromatic carbocycles. The van der Waals surface area contributed by atoms with Crippen molar-refractivity contribution in [2.45, 2.75) is 13.5 Å². The largest absolute Gasteiger partial charge is 0.477 e. The van der Waals surface area contributed by atoms with Crippen molar-refractivity contribution in [3.8, 4) is 0 Å². The number of halogens is 1. The van der Waals surface area contributed by atoms with Gasteiger partial charge >= 0.3 is 5.97 Å². The van der Waals surface area contributed by atoms with E-state index in [2.05, 4.69) is 31.2 Å². The van der Waals surface area contributed by atoms with E-state index < -0.39 is 5.97 Å². The third-order valence-electron chi connectivity index (χ3n) is 2.40. The zero-order chi connectivity index (χ0) is 14.7. The van der Waals surface area contributed by atoms with Crippen molar-refractivity contribution in [3.63, 3.8) is 0 Å². The normalized spacial score (nSPS) is 10.3. The van der Waals surface area contributed by atoms with Gasteiger partial charge in [0, 0.05) is 16.9 Å². The number of nitrogens with one attached hydrogen (secondary N) is 1. The molecule has 0 fully saturated rings. The fourth-order valence-corrected chi connectivity index (χ4v) is 2.73. The summed E-state index contributed by atoms with van der Waals surface area (Å²) in [7, 11) is 0. The summed E-state index contributed by atoms with van der Waals surface area (Å²) in [5.41, 5.74) is 0.877. The lowest BCUT2D eigenvalue weighted by Gasteiger charge is -2.02. The van der Waals surface area contributed by atoms with Gasteiger partial charge in [-0.1, -0.05) is 0 Å². The predicted octanol–water partition coefficient (Wildman–Crippen LogP) is 2.24. The summed E-state index contributed by atoms with van der Waals surface area (Å²) in [4.78, 5) is 31.0. The Morgan fingerprint density at radius 3 is 2.80 bits per heavy atom. The first-order chi connectivity index (χ1) is 9.47. The van der Waals surface area contributed by atoms with E-state index in [1.54, 1.807) is 19.2 Å². The number of thiazole rings is 1. The Kier molecular flexibility index (Phi) is 4.46. The Balaban J connectivity index is 2.04. The fourth-order valence-electron chi connectivity index (χ4n) is 1.52. The maximum absolute atomic E-state index is 11.9. The molecule has 0 aliphatic carbocycles. The highest BCUT2D eigenvalue weighted by atomic mass is 79.9. The number of carbonyl (C=O) groups excluding carboxylic acids is 1. The molecule has 0 atom stereocenters. The van der Waals surface area contributed by atoms with Gasteiger partial charge < -0.3 is 10.4 Å². The molecule has 0 spiro atoms. The molecule has 6 nitrogen and oxygen atoms in total. The summed E-state index contributed by atoms with van der Waals surface area (Å²) in [6.45, 7) is 1.81. The van der Waals surface area contributed by atoms with Crippen molar-refractivity contribution in [2.24, 2.45) is 0 Å². The molecule has 0 saturated heterocycles. The van der Waals surface area contributed by atoms with Crippen LogP contribution < -0.4 is 5.32 Å². The lowest BCUT2D eigenvalue weighted by Crippen LogP contribution is -2.22. The summed E-state index contributed by atoms with van der Waals surface area (Å²) in [5, 5.41) is 12.2. The lowest BCUT2D eigenvalue weighted by atomic mass is 10.3. The van der Waals surface area contributed by atoms with E-state index >= 15 is 0 Å². The van der Waals surface area contributed by atoms with Gasteiger partial charge in [-0.05, 0) is 28.9 Å². The first-order valence-electron chi connectivity index (χ1n) is 5.55. The molecule has 2 heterocycles. The van der Waals surface area contributed by atoms with Crippen LogP contribution in [0, 0.1) is 6.92 Å². The number of nitrogens with zero attached hydrogens (tertiary/aromatic N) is 2. The van der Waals surface area contributed by atoms with Crippen LogP contribution in [0.2, 0.25) is 0 Å². The number of hydrogen-bond donors (Lipinski definition) is 2. The zero-order valence-electron chi connectivity index (χ0n) is 10.4. The Morgan fingerprint density at radius 1 is 1.45 bits per heavy atom. The standard InChI is InChI=1S/C12H10BrN3O3S/c1-6-10(12(18)19)20-9(16-6)5-15-11(17)7-2-8(13)4-14-3-7/h2-4H,5H2,1H3,(H,15,17)(H,18,19). The number of carboxylic acids is 1. The van der Waals surface area contributed by atoms with Crippen LogP contribution in [-0.2, 0) is 6.54 Å². The molecule has 8 heteroatoms. The third kappa shape index (κ3) is 3.40. The van der Waals surface area contributed by atoms with Crippen LogP contribution in [0.1, 0.15) is 30.7 Å². The van der Waals surface area contributed by atoms with Gasteiger partial charge in [-0.25, -0.2) is 9.78 Å². The Bertz CT molecular complexity index is 672. The molecule has 0 aliphatic rings. The molecular weight excluding hydrogens is 346 g/mol. The molecule has 20 heavy (non-hydrogen) atoms. The number of aromatic nitrogens is 2. The summed E-state index contributed by atoms with van der Waals surface area (Å²) >= 11 is 4.29. The molecule has 2 aromatic heterocycles. The van der Waals surface area contributed by atoms with Crippen LogP contribution in [0.25, 0.3) is 0 Å². The first kappa shape index (κ1) is 14.6. The van der Waals surface area contributed by atoms with E-state index in [9.17, 15) is 9.59 Å². The predicted molar refractivity (Wildman–Crippen MR) is 76.9 cm³/mol. The minimum Gasteiger partial charge on any atom is -0.477 e. The van der Waals surface area contributed by atoms with Crippen LogP contribution in [0.4, 0.5) is 0 Å². The summed E-state index contributed by atoms with van der Waals surface area (Å²) in [5.74, 6) is -1.29. The van der Waals surface area contributed by atoms with Crippen molar-refractivity contribution in [3.05, 3.63) is 44.1 Å². The van der Waals surface area contributed by atoms with E-state index in [0.29, 0.717) is 20.7 Å². The van der Waals surface area contributed by atoms with E-state index in [4.69, 9.17) is 5.11 Å². The van der Waals surface area contributed by atoms with E-state index in [0.717, 1.165) is 11.3 Å². The minimum atomic E-state index is -1.01. The molecule has 2 N–H and O–H groups in total. The molecule has 2 rings (SSSR count). The van der Waals surface area contributed by atoms with Crippen LogP contribution in [0.3, 0.4) is 0 Å². The van der Waals surface area contributed by atoms with Crippen molar-refractivity contribution in [2.75, 3.05) is 0 Å². The van der Waals surface area contributed by atoms with Gasteiger partial charge in [-0.2, -0.15) is 0 Å². The van der Waals surface area contributed by atoms with E-state index in [1.165, 1.54) is 6.20 Å². The van der Waals surface area contributed by atoms with Gasteiger partial charge in [0.2, 0.25) is 0 Å². The van der Waals surface area contributed by atoms with Crippen molar-refractivity contribution in [1.29, 1.82) is 0 Å². The Hall–Kier alpha value is -1.80. The number of amides is 1. The van der Waals surface area contributed by atoms with Crippen molar-refractivity contribution >= 4 is 39.1 Å². The smallest absolute Gasteiger partial charge is 0.347 e. The highest BCUT2D eigenvalue weighted by Crippen LogP contribution is 2.18. The second kappa shape index (κ2) is 6.10. The first-order valence-corrected chi connectivity index (χ1v) is 7.16. The average Bonchev–Trinajstić information content (AvgIpc) is 2.77. The van der Waals surface area contributed by atoms with Gasteiger partial charge in [0.1, 0.15) is 9.88 Å². The molecule has 0 aliphatic heterocycles. The number of pyridine rings is 1. The van der Waals surface area contributed by atoms with Gasteiger partial charge in [0.25, 0.3) is 5.91 Å². The van der Waals surface area contributed by atoms with Gasteiger partial charge in [-0.3, -0.25) is 9.78 Å². The van der Waals surface area contributed by atoms with Crippen LogP contribution in [0.5, 0.6) is 0 Å². The van der Waals surface area contributed by atoms with Crippen LogP contribution >= 0.6 is 27.3 Å². The molecule has 0 unspecified atom stereocenters. The SMILES string of the molecule is Cc1nc(CNC(=O)c2cncc(Br)c2)sc1C(=O)O. The molecular formula is C12H10BrN3O3S. The Morgan fingerprint density at radius 2 is 2.20 bits per heavy atom. The highest BCUT2D eigenvalue weighted by Gasteiger charge is 2.14. The number of carboxylic acid groups (broad SMARTS) is 1. The summed E-state index contributed by atoms with van der Waals surface area (Å²) in [6.07, 6.45) is 3.04. The number of aryl methyl sites for hydroxylation is 1. The van der Waals surface area contributed by atoms with Crippen molar-refractivity contribution < 1.29 is 14.7 Å². The zero-order valence-corrected chi connectivity index (χ0v) is 12.8. The van der Waals surface area contributed by atoms with E-state index in [1.807, 2.05) is 0 Å². The molecule has 0 bridgehead atoms. The van der Waals surface area contributed by atoms with Crippen molar-refractivity contribution in [1.82, 2.24) is 15.3 Å². The monoisotopic (exact) mass is 355 g/mol. The molecule has 104 valence electrons. The van der Waals surface area contributed by atoms with Crippen LogP contribution in [-0.4, -0.2) is 27.0 Å². The molecule has 1 amide bonds. The second-order valence-corrected chi connectivity index (χ2v) is 5.90. The molecule has 0 saturated carbocycles. The highest BCUT2D eigenvalue weighted by molar-refractivity contribution is 9.10. The van der Waals surface area contributed by atoms with Gasteiger partial charge in [0.05, 0.1) is 17.8 Å². The average molecular weight is 356 g/mol. The fraction of sp³-hybridized carbons (Fsp3) is 0.167. The number of aromatic carboxylic acids is 1. The maximum atomic E-state index is 11.9. The quantitative estimate of drug-likeness (QED) is 0.877. The van der Waals surface area contributed by atoms with Gasteiger partial charge in [-0.15, -0.1) is 11.3 Å². The topological polar surface area (TPSA) is 92.2 Å². The molecule has 0 radical (unpaired) electrons. The van der Waals surface area contributed by atoms with E-state index in [-0.39, 0.29) is 17.3 Å². The summed E-state index contributed by atoms with van der Waals surface area (Å²) in [6, 6.07) is 1.65. The van der Waals surface area contributed by atoms with Gasteiger partial charge in [0.15, 0.2) is 0 Å². The second-order valence-electron chi connectivity index (χ2n) is 3.90. The Labute approximate surface area is 127 Å². The van der Waals surface area contributed by atoms with Crippen LogP contribution in [0.15, 0.2) is 22.9 Å². The maximum Gasteiger partial charge on any atom is 0.347 e. The molecule has 2 aromatic rings. The summed E-state index contributed by atoms with van der Waals surface area (Å²) < 4.78 is 0.711. The third-order valence-corrected chi connectivity index (χ3v) is 3.98. The number of hydrogen-bond acceptors (Lipinski definition) is 5. The minimum absolute atomic E-state index is 0.185. The number of carbonyl (C=O) groups is 2. The number of rotatable bonds is 4.